The molecule has 0 bridgehead atoms. The summed E-state index contributed by atoms with van der Waals surface area (Å²) >= 11 is 3.70. The van der Waals surface area contributed by atoms with Crippen LogP contribution in [0.4, 0.5) is 0 Å². The van der Waals surface area contributed by atoms with Crippen molar-refractivity contribution >= 4 is 18.6 Å². The molecule has 0 aromatic carbocycles. The van der Waals surface area contributed by atoms with Gasteiger partial charge in [-0.05, 0) is 0 Å². The van der Waals surface area contributed by atoms with E-state index in [9.17, 15) is 0 Å². The summed E-state index contributed by atoms with van der Waals surface area (Å²) in [6, 6.07) is 0. The first-order valence-electron chi connectivity index (χ1n) is 2.96. The third-order valence-electron chi connectivity index (χ3n) is 1.40. The Labute approximate surface area is 86.8 Å². The molecular weight excluding hydrogens is 455 g/mol. The topological polar surface area (TPSA) is 16.6 Å². The van der Waals surface area contributed by atoms with Gasteiger partial charge in [0.15, 0.2) is 0 Å². The number of nitrogens with two attached hydrogens (primary N) is 1. The summed E-state index contributed by atoms with van der Waals surface area (Å²) in [6.07, 6.45) is 1.51. The molecular formula is C5H11I3N-. The van der Waals surface area contributed by atoms with Gasteiger partial charge in [0.25, 0.3) is 0 Å². The number of hydrogen-bond acceptors (Lipinski definition) is 0. The molecule has 1 fully saturated rings. The van der Waals surface area contributed by atoms with Crippen LogP contribution in [0.1, 0.15) is 13.3 Å². The van der Waals surface area contributed by atoms with Gasteiger partial charge < -0.3 is 0 Å². The van der Waals surface area contributed by atoms with Gasteiger partial charge in [0.1, 0.15) is 0 Å². The van der Waals surface area contributed by atoms with Gasteiger partial charge in [0, 0.05) is 0 Å². The van der Waals surface area contributed by atoms with Gasteiger partial charge >= 0.3 is 88.2 Å². The molecule has 2 N–H and O–H groups in total. The summed E-state index contributed by atoms with van der Waals surface area (Å²) in [5.41, 5.74) is 0. The summed E-state index contributed by atoms with van der Waals surface area (Å²) in [5.74, 6) is 0. The molecule has 1 rings (SSSR count). The van der Waals surface area contributed by atoms with Gasteiger partial charge in [0.05, 0.1) is 0 Å². The van der Waals surface area contributed by atoms with E-state index in [2.05, 4.69) is 30.9 Å². The van der Waals surface area contributed by atoms with Gasteiger partial charge in [-0.15, -0.1) is 0 Å². The van der Waals surface area contributed by atoms with Crippen molar-refractivity contribution in [3.05, 3.63) is 0 Å². The van der Waals surface area contributed by atoms with Crippen LogP contribution < -0.4 is 43.8 Å². The molecule has 1 saturated heterocycles. The van der Waals surface area contributed by atoms with Crippen LogP contribution in [-0.2, 0) is 0 Å². The molecule has 1 atom stereocenters. The van der Waals surface area contributed by atoms with Gasteiger partial charge in [-0.2, -0.15) is 0 Å². The molecule has 0 aliphatic carbocycles. The molecule has 0 aromatic heterocycles. The Morgan fingerprint density at radius 1 is 1.78 bits per heavy atom. The molecule has 1 heterocycles. The van der Waals surface area contributed by atoms with E-state index in [4.69, 9.17) is 0 Å². The SMILES string of the molecule is CC1([I-]I)CC[NH2+]C[I-]1. The fourth-order valence-corrected chi connectivity index (χ4v) is 11.9. The van der Waals surface area contributed by atoms with Crippen molar-refractivity contribution in [1.82, 2.24) is 0 Å². The molecule has 0 radical (unpaired) electrons. The molecule has 1 nitrogen and oxygen atoms in total. The summed E-state index contributed by atoms with van der Waals surface area (Å²) in [6.45, 7) is 3.91. The fraction of sp³-hybridized carbons (Fsp3) is 1.00. The Hall–Kier alpha value is 2.15. The molecule has 4 heteroatoms. The second-order valence-electron chi connectivity index (χ2n) is 2.26. The van der Waals surface area contributed by atoms with E-state index >= 15 is 0 Å². The fourth-order valence-electron chi connectivity index (χ4n) is 0.770. The predicted octanol–water partition coefficient (Wildman–Crippen LogP) is -5.84. The van der Waals surface area contributed by atoms with Crippen molar-refractivity contribution in [3.8, 4) is 0 Å². The predicted molar refractivity (Wildman–Crippen MR) is 38.7 cm³/mol. The maximum atomic E-state index is 2.65. The van der Waals surface area contributed by atoms with Crippen molar-refractivity contribution in [2.75, 3.05) is 11.1 Å². The van der Waals surface area contributed by atoms with Gasteiger partial charge in [-0.25, -0.2) is 0 Å². The normalized spacial score (nSPS) is 38.0. The van der Waals surface area contributed by atoms with E-state index in [1.54, 1.807) is 0 Å². The Balaban J connectivity index is 2.37. The zero-order valence-corrected chi connectivity index (χ0v) is 11.8. The van der Waals surface area contributed by atoms with Crippen molar-refractivity contribution in [1.29, 1.82) is 0 Å². The van der Waals surface area contributed by atoms with Crippen molar-refractivity contribution in [2.45, 2.75) is 14.8 Å². The third-order valence-corrected chi connectivity index (χ3v) is 20.6. The number of halogens is 3. The number of hydrogen-bond donors (Lipinski definition) is 1. The average molecular weight is 466 g/mol. The molecule has 0 saturated carbocycles. The monoisotopic (exact) mass is 466 g/mol. The Bertz CT molecular complexity index is 90.2. The van der Waals surface area contributed by atoms with Crippen LogP contribution in [-0.4, -0.2) is 12.5 Å². The zero-order chi connectivity index (χ0) is 6.74. The standard InChI is InChI=1S/C5H10I3N/c1-5(8-6)2-3-9-4-7-5/h9H,2-4H2,1H3/q-2/p+1. The number of alkyl halides is 3. The summed E-state index contributed by atoms with van der Waals surface area (Å²) < 4.78 is 2.38. The van der Waals surface area contributed by atoms with E-state index in [0.717, 1.165) is 1.43 Å². The van der Waals surface area contributed by atoms with E-state index in [-0.39, 0.29) is 0 Å². The Morgan fingerprint density at radius 3 is 2.89 bits per heavy atom. The maximum absolute atomic E-state index is 2.65. The van der Waals surface area contributed by atoms with E-state index in [1.807, 2.05) is 0 Å². The quantitative estimate of drug-likeness (QED) is 0.226. The number of quaternary nitrogens is 1. The zero-order valence-electron chi connectivity index (χ0n) is 5.33. The molecule has 1 unspecified atom stereocenters. The van der Waals surface area contributed by atoms with Crippen LogP contribution in [0.5, 0.6) is 0 Å². The second kappa shape index (κ2) is 4.24. The molecule has 0 spiro atoms. The van der Waals surface area contributed by atoms with E-state index in [1.165, 1.54) is 17.5 Å². The second-order valence-corrected chi connectivity index (χ2v) is 13.9. The molecule has 0 aromatic rings. The molecule has 0 amide bonds. The molecule has 1 aliphatic heterocycles. The van der Waals surface area contributed by atoms with Crippen molar-refractivity contribution < 1.29 is 43.8 Å². The summed E-state index contributed by atoms with van der Waals surface area (Å²) in [5, 5.41) is 2.49. The summed E-state index contributed by atoms with van der Waals surface area (Å²) in [4.78, 5) is 0. The third kappa shape index (κ3) is 2.94. The van der Waals surface area contributed by atoms with Crippen LogP contribution in [0.3, 0.4) is 0 Å². The Kier molecular flexibility index (Phi) is 4.36. The van der Waals surface area contributed by atoms with Crippen LogP contribution in [0, 0.1) is 0 Å². The van der Waals surface area contributed by atoms with Crippen LogP contribution in [0.15, 0.2) is 0 Å². The van der Waals surface area contributed by atoms with Crippen LogP contribution >= 0.6 is 18.6 Å². The molecule has 1 aliphatic rings. The van der Waals surface area contributed by atoms with Crippen molar-refractivity contribution in [2.24, 2.45) is 0 Å². The number of rotatable bonds is 1. The minimum atomic E-state index is 0.502. The Morgan fingerprint density at radius 2 is 2.56 bits per heavy atom. The van der Waals surface area contributed by atoms with Gasteiger partial charge in [0.2, 0.25) is 0 Å². The van der Waals surface area contributed by atoms with Gasteiger partial charge in [-0.3, -0.25) is 0 Å². The van der Waals surface area contributed by atoms with Crippen molar-refractivity contribution in [3.63, 3.8) is 0 Å². The van der Waals surface area contributed by atoms with Crippen LogP contribution in [0.25, 0.3) is 0 Å². The molecule has 9 heavy (non-hydrogen) atoms. The average Bonchev–Trinajstić information content (AvgIpc) is 1.90. The van der Waals surface area contributed by atoms with E-state index in [0.29, 0.717) is 38.4 Å². The first-order chi connectivity index (χ1) is 4.27. The first-order valence-corrected chi connectivity index (χ1v) is 12.9. The minimum absolute atomic E-state index is 0.502. The van der Waals surface area contributed by atoms with Crippen LogP contribution in [0.2, 0.25) is 0 Å². The first kappa shape index (κ1) is 9.24. The van der Waals surface area contributed by atoms with E-state index < -0.39 is 0 Å². The summed E-state index contributed by atoms with van der Waals surface area (Å²) in [7, 11) is 0. The molecule has 58 valence electrons. The van der Waals surface area contributed by atoms with Gasteiger partial charge in [-0.1, -0.05) is 0 Å².